The van der Waals surface area contributed by atoms with Gasteiger partial charge in [0.2, 0.25) is 11.8 Å². The maximum absolute atomic E-state index is 11.9. The van der Waals surface area contributed by atoms with E-state index in [9.17, 15) is 9.59 Å². The van der Waals surface area contributed by atoms with E-state index in [1.54, 1.807) is 7.11 Å². The summed E-state index contributed by atoms with van der Waals surface area (Å²) >= 11 is 0. The molecule has 2 rings (SSSR count). The number of hydrogen-bond acceptors (Lipinski definition) is 5. The first-order valence-electron chi connectivity index (χ1n) is 9.54. The Kier molecular flexibility index (Phi) is 7.91. The zero-order valence-corrected chi connectivity index (χ0v) is 16.4. The molecule has 0 aromatic heterocycles. The molecule has 2 amide bonds. The molecule has 0 spiro atoms. The van der Waals surface area contributed by atoms with Crippen LogP contribution in [0.5, 0.6) is 11.5 Å². The Morgan fingerprint density at radius 3 is 2.52 bits per heavy atom. The first-order valence-corrected chi connectivity index (χ1v) is 9.54. The second-order valence-electron chi connectivity index (χ2n) is 7.27. The van der Waals surface area contributed by atoms with E-state index in [0.29, 0.717) is 12.3 Å². The minimum atomic E-state index is -0.616. The van der Waals surface area contributed by atoms with Gasteiger partial charge in [-0.1, -0.05) is 19.9 Å². The number of ether oxygens (including phenoxy) is 2. The van der Waals surface area contributed by atoms with Gasteiger partial charge in [0.25, 0.3) is 0 Å². The highest BCUT2D eigenvalue weighted by molar-refractivity contribution is 5.87. The molecule has 1 saturated carbocycles. The van der Waals surface area contributed by atoms with Crippen molar-refractivity contribution in [1.82, 2.24) is 10.6 Å². The quantitative estimate of drug-likeness (QED) is 0.608. The molecule has 7 heteroatoms. The van der Waals surface area contributed by atoms with Crippen molar-refractivity contribution in [1.29, 1.82) is 0 Å². The summed E-state index contributed by atoms with van der Waals surface area (Å²) in [5.41, 5.74) is 6.64. The van der Waals surface area contributed by atoms with Crippen LogP contribution in [0, 0.1) is 5.92 Å². The monoisotopic (exact) mass is 377 g/mol. The number of carbonyl (C=O) groups excluding carboxylic acids is 2. The van der Waals surface area contributed by atoms with E-state index in [1.165, 1.54) is 12.8 Å². The van der Waals surface area contributed by atoms with Gasteiger partial charge >= 0.3 is 0 Å². The summed E-state index contributed by atoms with van der Waals surface area (Å²) in [6.07, 6.45) is 4.82. The number of carbonyl (C=O) groups is 2. The smallest absolute Gasteiger partial charge is 0.239 e. The standard InChI is InChI=1S/C20H31N3O4/c1-13(2)19(21)20(25)23-12-18(24)22-11-14-8-9-16(17(10-14)26-3)27-15-6-4-5-7-15/h8-10,13,15,19H,4-7,11-12,21H2,1-3H3,(H,22,24)(H,23,25)/t19-/m0/s1. The summed E-state index contributed by atoms with van der Waals surface area (Å²) in [4.78, 5) is 23.7. The maximum Gasteiger partial charge on any atom is 0.239 e. The van der Waals surface area contributed by atoms with Gasteiger partial charge in [-0.15, -0.1) is 0 Å². The second kappa shape index (κ2) is 10.2. The Balaban J connectivity index is 1.82. The van der Waals surface area contributed by atoms with E-state index in [0.717, 1.165) is 24.2 Å². The molecule has 1 aliphatic carbocycles. The molecule has 7 nitrogen and oxygen atoms in total. The molecule has 1 atom stereocenters. The van der Waals surface area contributed by atoms with E-state index < -0.39 is 6.04 Å². The third kappa shape index (κ3) is 6.43. The van der Waals surface area contributed by atoms with E-state index in [1.807, 2.05) is 32.0 Å². The van der Waals surface area contributed by atoms with Crippen molar-refractivity contribution in [3.8, 4) is 11.5 Å². The lowest BCUT2D eigenvalue weighted by Crippen LogP contribution is -2.47. The molecule has 1 aromatic carbocycles. The number of hydrogen-bond donors (Lipinski definition) is 3. The molecule has 0 unspecified atom stereocenters. The Bertz CT molecular complexity index is 642. The van der Waals surface area contributed by atoms with Crippen LogP contribution in [0.15, 0.2) is 18.2 Å². The fourth-order valence-corrected chi connectivity index (χ4v) is 2.96. The molecule has 0 bridgehead atoms. The van der Waals surface area contributed by atoms with Crippen molar-refractivity contribution in [2.24, 2.45) is 11.7 Å². The van der Waals surface area contributed by atoms with Crippen LogP contribution in [0.4, 0.5) is 0 Å². The molecule has 150 valence electrons. The summed E-state index contributed by atoms with van der Waals surface area (Å²) in [5.74, 6) is 0.810. The van der Waals surface area contributed by atoms with E-state index >= 15 is 0 Å². The number of nitrogens with one attached hydrogen (secondary N) is 2. The lowest BCUT2D eigenvalue weighted by Gasteiger charge is -2.17. The molecule has 1 aromatic rings. The van der Waals surface area contributed by atoms with Gasteiger partial charge < -0.3 is 25.8 Å². The van der Waals surface area contributed by atoms with Crippen molar-refractivity contribution in [2.75, 3.05) is 13.7 Å². The van der Waals surface area contributed by atoms with Crippen molar-refractivity contribution in [3.63, 3.8) is 0 Å². The largest absolute Gasteiger partial charge is 0.493 e. The fraction of sp³-hybridized carbons (Fsp3) is 0.600. The number of methoxy groups -OCH3 is 1. The second-order valence-corrected chi connectivity index (χ2v) is 7.27. The van der Waals surface area contributed by atoms with Crippen LogP contribution in [0.2, 0.25) is 0 Å². The van der Waals surface area contributed by atoms with Gasteiger partial charge in [-0.05, 0) is 49.3 Å². The summed E-state index contributed by atoms with van der Waals surface area (Å²) in [6, 6.07) is 5.02. The van der Waals surface area contributed by atoms with Crippen LogP contribution in [0.25, 0.3) is 0 Å². The highest BCUT2D eigenvalue weighted by Gasteiger charge is 2.19. The summed E-state index contributed by atoms with van der Waals surface area (Å²) in [5, 5.41) is 5.33. The minimum absolute atomic E-state index is 0.0190. The highest BCUT2D eigenvalue weighted by atomic mass is 16.5. The number of nitrogens with two attached hydrogens (primary N) is 1. The molecule has 27 heavy (non-hydrogen) atoms. The van der Waals surface area contributed by atoms with Crippen LogP contribution in [-0.4, -0.2) is 37.6 Å². The third-order valence-electron chi connectivity index (χ3n) is 4.76. The predicted molar refractivity (Wildman–Crippen MR) is 104 cm³/mol. The Morgan fingerprint density at radius 2 is 1.89 bits per heavy atom. The van der Waals surface area contributed by atoms with Gasteiger partial charge in [0, 0.05) is 6.54 Å². The van der Waals surface area contributed by atoms with Crippen molar-refractivity contribution >= 4 is 11.8 Å². The average molecular weight is 377 g/mol. The Hall–Kier alpha value is -2.28. The van der Waals surface area contributed by atoms with E-state index in [4.69, 9.17) is 15.2 Å². The maximum atomic E-state index is 11.9. The zero-order valence-electron chi connectivity index (χ0n) is 16.4. The summed E-state index contributed by atoms with van der Waals surface area (Å²) in [6.45, 7) is 3.96. The summed E-state index contributed by atoms with van der Waals surface area (Å²) in [7, 11) is 1.60. The van der Waals surface area contributed by atoms with Gasteiger partial charge in [0.1, 0.15) is 0 Å². The fourth-order valence-electron chi connectivity index (χ4n) is 2.96. The first kappa shape index (κ1) is 21.0. The molecule has 0 saturated heterocycles. The minimum Gasteiger partial charge on any atom is -0.493 e. The van der Waals surface area contributed by atoms with E-state index in [2.05, 4.69) is 10.6 Å². The van der Waals surface area contributed by atoms with Gasteiger partial charge in [-0.3, -0.25) is 9.59 Å². The average Bonchev–Trinajstić information content (AvgIpc) is 3.17. The SMILES string of the molecule is COc1cc(CNC(=O)CNC(=O)[C@@H](N)C(C)C)ccc1OC1CCCC1. The summed E-state index contributed by atoms with van der Waals surface area (Å²) < 4.78 is 11.4. The van der Waals surface area contributed by atoms with Crippen LogP contribution >= 0.6 is 0 Å². The number of benzene rings is 1. The van der Waals surface area contributed by atoms with Crippen LogP contribution in [0.3, 0.4) is 0 Å². The normalized spacial score (nSPS) is 15.4. The lowest BCUT2D eigenvalue weighted by atomic mass is 10.1. The van der Waals surface area contributed by atoms with Crippen molar-refractivity contribution in [3.05, 3.63) is 23.8 Å². The molecular weight excluding hydrogens is 346 g/mol. The number of rotatable bonds is 9. The molecule has 0 radical (unpaired) electrons. The lowest BCUT2D eigenvalue weighted by molar-refractivity contribution is -0.127. The van der Waals surface area contributed by atoms with Crippen LogP contribution < -0.4 is 25.8 Å². The Morgan fingerprint density at radius 1 is 1.19 bits per heavy atom. The molecule has 0 heterocycles. The van der Waals surface area contributed by atoms with Crippen LogP contribution in [0.1, 0.15) is 45.1 Å². The highest BCUT2D eigenvalue weighted by Crippen LogP contribution is 2.32. The third-order valence-corrected chi connectivity index (χ3v) is 4.76. The van der Waals surface area contributed by atoms with Gasteiger partial charge in [-0.25, -0.2) is 0 Å². The molecular formula is C20H31N3O4. The van der Waals surface area contributed by atoms with Gasteiger partial charge in [-0.2, -0.15) is 0 Å². The van der Waals surface area contributed by atoms with Crippen LogP contribution in [-0.2, 0) is 16.1 Å². The number of amides is 2. The van der Waals surface area contributed by atoms with Gasteiger partial charge in [0.05, 0.1) is 25.8 Å². The van der Waals surface area contributed by atoms with Gasteiger partial charge in [0.15, 0.2) is 11.5 Å². The van der Waals surface area contributed by atoms with E-state index in [-0.39, 0.29) is 30.4 Å². The molecule has 4 N–H and O–H groups in total. The Labute approximate surface area is 161 Å². The zero-order chi connectivity index (χ0) is 19.8. The molecule has 1 fully saturated rings. The molecule has 0 aliphatic heterocycles. The molecule has 1 aliphatic rings. The first-order chi connectivity index (χ1) is 12.9. The predicted octanol–water partition coefficient (Wildman–Crippen LogP) is 1.73. The topological polar surface area (TPSA) is 103 Å². The van der Waals surface area contributed by atoms with Crippen molar-refractivity contribution in [2.45, 2.75) is 58.2 Å². The van der Waals surface area contributed by atoms with Crippen molar-refractivity contribution < 1.29 is 19.1 Å².